The number of guanidine groups is 1. The van der Waals surface area contributed by atoms with Gasteiger partial charge < -0.3 is 15.2 Å². The van der Waals surface area contributed by atoms with Crippen molar-refractivity contribution >= 4 is 41.3 Å². The van der Waals surface area contributed by atoms with Gasteiger partial charge in [0.05, 0.1) is 10.7 Å². The third-order valence-corrected chi connectivity index (χ3v) is 5.16. The summed E-state index contributed by atoms with van der Waals surface area (Å²) >= 11 is 0.969. The van der Waals surface area contributed by atoms with E-state index >= 15 is 0 Å². The number of rotatable bonds is 6. The van der Waals surface area contributed by atoms with Crippen molar-refractivity contribution in [3.05, 3.63) is 63.9 Å². The van der Waals surface area contributed by atoms with E-state index < -0.39 is 11.9 Å². The summed E-state index contributed by atoms with van der Waals surface area (Å²) in [5.41, 5.74) is 0.256. The van der Waals surface area contributed by atoms with E-state index in [0.717, 1.165) is 16.7 Å². The van der Waals surface area contributed by atoms with Crippen LogP contribution >= 0.6 is 35.3 Å². The molecule has 3 aromatic rings. The van der Waals surface area contributed by atoms with Crippen molar-refractivity contribution in [2.45, 2.75) is 26.1 Å². The van der Waals surface area contributed by atoms with Gasteiger partial charge in [-0.1, -0.05) is 6.07 Å². The minimum atomic E-state index is -4.43. The second kappa shape index (κ2) is 10.9. The quantitative estimate of drug-likeness (QED) is 0.201. The Labute approximate surface area is 197 Å². The topological polar surface area (TPSA) is 67.1 Å². The van der Waals surface area contributed by atoms with Crippen LogP contribution in [0.2, 0.25) is 0 Å². The minimum Gasteiger partial charge on any atom is -0.356 e. The first-order chi connectivity index (χ1) is 14.3. The van der Waals surface area contributed by atoms with Crippen LogP contribution in [0.1, 0.15) is 22.1 Å². The molecule has 0 saturated carbocycles. The Hall–Kier alpha value is -2.22. The molecule has 6 nitrogen and oxygen atoms in total. The minimum absolute atomic E-state index is 0. The van der Waals surface area contributed by atoms with Crippen LogP contribution in [0.4, 0.5) is 17.6 Å². The zero-order valence-corrected chi connectivity index (χ0v) is 19.8. The molecule has 2 aromatic heterocycles. The number of aryl methyl sites for hydroxylation is 1. The molecule has 0 radical (unpaired) electrons. The maximum absolute atomic E-state index is 14.5. The summed E-state index contributed by atoms with van der Waals surface area (Å²) in [4.78, 5) is 11.7. The maximum atomic E-state index is 14.5. The third kappa shape index (κ3) is 6.63. The smallest absolute Gasteiger partial charge is 0.356 e. The van der Waals surface area contributed by atoms with Gasteiger partial charge in [0.1, 0.15) is 11.6 Å². The Morgan fingerprint density at radius 2 is 2.03 bits per heavy atom. The standard InChI is InChI=1S/C19H20F4N6S.HI/c1-12-25-7-8-29(12)15-4-3-13(9-14(15)20)10-27-18(24-2)26-6-5-17-28-16(11-30-17)19(21,22)23;/h3-4,7-9,11H,5-6,10H2,1-2H3,(H2,24,26,27);1H. The first kappa shape index (κ1) is 25.0. The van der Waals surface area contributed by atoms with E-state index in [2.05, 4.69) is 25.6 Å². The van der Waals surface area contributed by atoms with E-state index in [4.69, 9.17) is 0 Å². The molecule has 12 heteroatoms. The second-order valence-corrected chi connectivity index (χ2v) is 7.30. The summed E-state index contributed by atoms with van der Waals surface area (Å²) in [5.74, 6) is 0.770. The van der Waals surface area contributed by atoms with Crippen LogP contribution in [-0.4, -0.2) is 34.1 Å². The highest BCUT2D eigenvalue weighted by atomic mass is 127. The molecule has 2 heterocycles. The van der Waals surface area contributed by atoms with Gasteiger partial charge in [0.15, 0.2) is 11.7 Å². The first-order valence-electron chi connectivity index (χ1n) is 9.03. The van der Waals surface area contributed by atoms with Crippen molar-refractivity contribution in [3.63, 3.8) is 0 Å². The molecular weight excluding hydrogens is 547 g/mol. The molecule has 0 aliphatic heterocycles. The number of aliphatic imine (C=N–C) groups is 1. The van der Waals surface area contributed by atoms with Crippen LogP contribution in [0.5, 0.6) is 0 Å². The molecule has 1 aromatic carbocycles. The van der Waals surface area contributed by atoms with Crippen LogP contribution in [0, 0.1) is 12.7 Å². The number of nitrogens with zero attached hydrogens (tertiary/aromatic N) is 4. The van der Waals surface area contributed by atoms with Crippen LogP contribution in [0.15, 0.2) is 41.0 Å². The Bertz CT molecular complexity index is 1030. The predicted octanol–water partition coefficient (Wildman–Crippen LogP) is 4.32. The molecule has 2 N–H and O–H groups in total. The van der Waals surface area contributed by atoms with Crippen molar-refractivity contribution < 1.29 is 17.6 Å². The fourth-order valence-electron chi connectivity index (χ4n) is 2.74. The molecule has 3 rings (SSSR count). The molecule has 0 atom stereocenters. The molecule has 0 aliphatic rings. The fourth-order valence-corrected chi connectivity index (χ4v) is 3.54. The van der Waals surface area contributed by atoms with Gasteiger partial charge >= 0.3 is 6.18 Å². The number of imidazole rings is 1. The Kier molecular flexibility index (Phi) is 8.79. The SMILES string of the molecule is CN=C(NCCc1nc(C(F)(F)F)cs1)NCc1ccc(-n2ccnc2C)c(F)c1.I. The monoisotopic (exact) mass is 568 g/mol. The predicted molar refractivity (Wildman–Crippen MR) is 123 cm³/mol. The van der Waals surface area contributed by atoms with Gasteiger partial charge in [0, 0.05) is 44.3 Å². The van der Waals surface area contributed by atoms with Crippen LogP contribution in [0.3, 0.4) is 0 Å². The highest BCUT2D eigenvalue weighted by molar-refractivity contribution is 14.0. The molecule has 0 fully saturated rings. The van der Waals surface area contributed by atoms with Crippen LogP contribution in [0.25, 0.3) is 5.69 Å². The normalized spacial score (nSPS) is 11.9. The largest absolute Gasteiger partial charge is 0.434 e. The lowest BCUT2D eigenvalue weighted by Gasteiger charge is -2.13. The molecule has 0 bridgehead atoms. The number of hydrogen-bond acceptors (Lipinski definition) is 4. The van der Waals surface area contributed by atoms with E-state index in [-0.39, 0.29) is 29.8 Å². The van der Waals surface area contributed by atoms with Crippen molar-refractivity contribution in [3.8, 4) is 5.69 Å². The Morgan fingerprint density at radius 1 is 1.26 bits per heavy atom. The highest BCUT2D eigenvalue weighted by Gasteiger charge is 2.33. The number of hydrogen-bond donors (Lipinski definition) is 2. The van der Waals surface area contributed by atoms with Gasteiger partial charge in [-0.05, 0) is 24.6 Å². The summed E-state index contributed by atoms with van der Waals surface area (Å²) in [6, 6.07) is 4.91. The lowest BCUT2D eigenvalue weighted by Crippen LogP contribution is -2.37. The van der Waals surface area contributed by atoms with E-state index in [1.165, 1.54) is 6.07 Å². The average molecular weight is 568 g/mol. The van der Waals surface area contributed by atoms with Gasteiger partial charge in [-0.15, -0.1) is 35.3 Å². The Balaban J connectivity index is 0.00000341. The van der Waals surface area contributed by atoms with Crippen molar-refractivity contribution in [1.29, 1.82) is 0 Å². The zero-order chi connectivity index (χ0) is 21.7. The molecule has 0 aliphatic carbocycles. The molecule has 0 unspecified atom stereocenters. The van der Waals surface area contributed by atoms with E-state index in [1.807, 2.05) is 0 Å². The van der Waals surface area contributed by atoms with Gasteiger partial charge in [0.2, 0.25) is 0 Å². The summed E-state index contributed by atoms with van der Waals surface area (Å²) in [5, 5.41) is 7.45. The molecule has 0 saturated heterocycles. The molecular formula is C19H21F4IN6S. The van der Waals surface area contributed by atoms with Crippen molar-refractivity contribution in [2.24, 2.45) is 4.99 Å². The lowest BCUT2D eigenvalue weighted by atomic mass is 10.2. The molecule has 168 valence electrons. The van der Waals surface area contributed by atoms with Crippen molar-refractivity contribution in [2.75, 3.05) is 13.6 Å². The number of aromatic nitrogens is 3. The van der Waals surface area contributed by atoms with Crippen LogP contribution < -0.4 is 10.6 Å². The van der Waals surface area contributed by atoms with Gasteiger partial charge in [-0.3, -0.25) is 4.99 Å². The van der Waals surface area contributed by atoms with Gasteiger partial charge in [-0.2, -0.15) is 13.2 Å². The summed E-state index contributed by atoms with van der Waals surface area (Å²) in [6.07, 6.45) is -0.802. The lowest BCUT2D eigenvalue weighted by molar-refractivity contribution is -0.140. The first-order valence-corrected chi connectivity index (χ1v) is 9.90. The summed E-state index contributed by atoms with van der Waals surface area (Å²) in [6.45, 7) is 2.48. The van der Waals surface area contributed by atoms with Crippen LogP contribution in [-0.2, 0) is 19.1 Å². The summed E-state index contributed by atoms with van der Waals surface area (Å²) < 4.78 is 53.9. The van der Waals surface area contributed by atoms with Crippen molar-refractivity contribution in [1.82, 2.24) is 25.2 Å². The molecule has 0 amide bonds. The average Bonchev–Trinajstić information content (AvgIpc) is 3.33. The number of halogens is 5. The van der Waals surface area contributed by atoms with Gasteiger partial charge in [-0.25, -0.2) is 14.4 Å². The molecule has 0 spiro atoms. The van der Waals surface area contributed by atoms with Gasteiger partial charge in [0.25, 0.3) is 0 Å². The fraction of sp³-hybridized carbons (Fsp3) is 0.316. The number of thiazole rings is 1. The van der Waals surface area contributed by atoms with E-state index in [1.54, 1.807) is 43.1 Å². The number of nitrogens with one attached hydrogen (secondary N) is 2. The second-order valence-electron chi connectivity index (χ2n) is 6.36. The Morgan fingerprint density at radius 3 is 2.61 bits per heavy atom. The number of alkyl halides is 3. The third-order valence-electron chi connectivity index (χ3n) is 4.25. The molecule has 31 heavy (non-hydrogen) atoms. The van der Waals surface area contributed by atoms with E-state index in [0.29, 0.717) is 47.6 Å². The highest BCUT2D eigenvalue weighted by Crippen LogP contribution is 2.30. The summed E-state index contributed by atoms with van der Waals surface area (Å²) in [7, 11) is 1.58. The van der Waals surface area contributed by atoms with E-state index in [9.17, 15) is 17.6 Å². The maximum Gasteiger partial charge on any atom is 0.434 e. The number of benzene rings is 1. The zero-order valence-electron chi connectivity index (χ0n) is 16.7.